The van der Waals surface area contributed by atoms with E-state index in [2.05, 4.69) is 14.9 Å². The molecule has 1 atom stereocenters. The Hall–Kier alpha value is -2.53. The van der Waals surface area contributed by atoms with Crippen molar-refractivity contribution in [2.75, 3.05) is 18.1 Å². The lowest BCUT2D eigenvalue weighted by atomic mass is 10.0. The van der Waals surface area contributed by atoms with Gasteiger partial charge in [0.15, 0.2) is 0 Å². The minimum absolute atomic E-state index is 0.0356. The van der Waals surface area contributed by atoms with Crippen LogP contribution in [0.5, 0.6) is 5.75 Å². The van der Waals surface area contributed by atoms with Gasteiger partial charge in [-0.05, 0) is 56.0 Å². The van der Waals surface area contributed by atoms with Crippen molar-refractivity contribution in [3.05, 3.63) is 47.5 Å². The first kappa shape index (κ1) is 22.7. The molecule has 0 radical (unpaired) electrons. The zero-order chi connectivity index (χ0) is 22.9. The molecule has 1 aliphatic rings. The van der Waals surface area contributed by atoms with Crippen molar-refractivity contribution >= 4 is 27.0 Å². The van der Waals surface area contributed by atoms with E-state index in [1.807, 2.05) is 50.2 Å². The maximum absolute atomic E-state index is 12.1. The summed E-state index contributed by atoms with van der Waals surface area (Å²) in [4.78, 5) is 0. The lowest BCUT2D eigenvalue weighted by Crippen LogP contribution is -2.30. The topological polar surface area (TPSA) is 127 Å². The fraction of sp³-hybridized carbons (Fsp3) is 0.364. The Morgan fingerprint density at radius 2 is 2.03 bits per heavy atom. The summed E-state index contributed by atoms with van der Waals surface area (Å²) in [6.07, 6.45) is 1.44. The highest BCUT2D eigenvalue weighted by molar-refractivity contribution is 7.89. The molecule has 0 fully saturated rings. The van der Waals surface area contributed by atoms with Crippen LogP contribution in [0.3, 0.4) is 0 Å². The number of nitrogens with zero attached hydrogens (tertiary/aromatic N) is 2. The largest absolute Gasteiger partial charge is 0.489 e. The van der Waals surface area contributed by atoms with Gasteiger partial charge in [0, 0.05) is 17.2 Å². The second-order valence-corrected chi connectivity index (χ2v) is 10.8. The van der Waals surface area contributed by atoms with Gasteiger partial charge in [-0.1, -0.05) is 29.5 Å². The van der Waals surface area contributed by atoms with Crippen LogP contribution in [-0.2, 0) is 16.4 Å². The average Bonchev–Trinajstić information content (AvgIpc) is 3.37. The molecule has 0 bridgehead atoms. The third-order valence-electron chi connectivity index (χ3n) is 5.23. The van der Waals surface area contributed by atoms with Crippen LogP contribution in [0.1, 0.15) is 37.4 Å². The van der Waals surface area contributed by atoms with E-state index in [0.717, 1.165) is 38.7 Å². The third-order valence-corrected chi connectivity index (χ3v) is 7.60. The van der Waals surface area contributed by atoms with Gasteiger partial charge < -0.3 is 15.6 Å². The summed E-state index contributed by atoms with van der Waals surface area (Å²) in [5, 5.41) is 19.3. The van der Waals surface area contributed by atoms with Gasteiger partial charge >= 0.3 is 0 Å². The van der Waals surface area contributed by atoms with Gasteiger partial charge in [-0.25, -0.2) is 13.1 Å². The van der Waals surface area contributed by atoms with Crippen LogP contribution in [-0.4, -0.2) is 42.2 Å². The van der Waals surface area contributed by atoms with Crippen LogP contribution < -0.4 is 15.2 Å². The molecule has 1 aliphatic carbocycles. The quantitative estimate of drug-likeness (QED) is 0.428. The number of ether oxygens (including phenoxy) is 1. The molecule has 1 heterocycles. The third kappa shape index (κ3) is 4.78. The van der Waals surface area contributed by atoms with E-state index in [9.17, 15) is 8.42 Å². The van der Waals surface area contributed by atoms with Crippen molar-refractivity contribution in [2.45, 2.75) is 38.8 Å². The highest BCUT2D eigenvalue weighted by Gasteiger charge is 2.29. The number of fused-ring (bicyclic) bond motifs is 1. The zero-order valence-corrected chi connectivity index (χ0v) is 19.5. The second kappa shape index (κ2) is 9.14. The van der Waals surface area contributed by atoms with Crippen LogP contribution in [0.15, 0.2) is 36.4 Å². The number of aromatic nitrogens is 2. The lowest BCUT2D eigenvalue weighted by molar-refractivity contribution is 0.244. The molecule has 2 aromatic carbocycles. The second-order valence-electron chi connectivity index (χ2n) is 7.96. The Morgan fingerprint density at radius 1 is 1.25 bits per heavy atom. The maximum Gasteiger partial charge on any atom is 0.214 e. The van der Waals surface area contributed by atoms with E-state index in [4.69, 9.17) is 15.6 Å². The summed E-state index contributed by atoms with van der Waals surface area (Å²) in [7, 11) is -3.53. The lowest BCUT2D eigenvalue weighted by Gasteiger charge is -2.14. The fourth-order valence-electron chi connectivity index (χ4n) is 3.86. The summed E-state index contributed by atoms with van der Waals surface area (Å²) < 4.78 is 32.6. The minimum atomic E-state index is -3.53. The van der Waals surface area contributed by atoms with E-state index in [0.29, 0.717) is 17.9 Å². The van der Waals surface area contributed by atoms with Gasteiger partial charge in [0.25, 0.3) is 0 Å². The molecule has 3 aromatic rings. The van der Waals surface area contributed by atoms with E-state index >= 15 is 0 Å². The van der Waals surface area contributed by atoms with Crippen molar-refractivity contribution in [3.8, 4) is 26.9 Å². The smallest absolute Gasteiger partial charge is 0.214 e. The zero-order valence-electron chi connectivity index (χ0n) is 17.9. The van der Waals surface area contributed by atoms with Gasteiger partial charge in [-0.3, -0.25) is 0 Å². The maximum atomic E-state index is 12.1. The normalized spacial score (nSPS) is 15.8. The molecule has 0 aliphatic heterocycles. The number of anilines is 1. The molecule has 1 aromatic heterocycles. The summed E-state index contributed by atoms with van der Waals surface area (Å²) in [5.41, 5.74) is 10.5. The Morgan fingerprint density at radius 3 is 2.75 bits per heavy atom. The predicted molar refractivity (Wildman–Crippen MR) is 126 cm³/mol. The first-order chi connectivity index (χ1) is 15.3. The number of nitrogens with two attached hydrogens (primary N) is 1. The molecular formula is C22H26N4O4S2. The van der Waals surface area contributed by atoms with E-state index in [-0.39, 0.29) is 17.9 Å². The van der Waals surface area contributed by atoms with Gasteiger partial charge in [0.2, 0.25) is 10.0 Å². The van der Waals surface area contributed by atoms with Crippen molar-refractivity contribution in [2.24, 2.45) is 0 Å². The minimum Gasteiger partial charge on any atom is -0.489 e. The van der Waals surface area contributed by atoms with Crippen LogP contribution in [0.25, 0.3) is 21.1 Å². The Bertz CT molecular complexity index is 1220. The van der Waals surface area contributed by atoms with Gasteiger partial charge in [0.1, 0.15) is 15.8 Å². The number of benzene rings is 2. The van der Waals surface area contributed by atoms with Crippen molar-refractivity contribution in [1.29, 1.82) is 0 Å². The van der Waals surface area contributed by atoms with Crippen LogP contribution in [0, 0.1) is 0 Å². The molecule has 0 spiro atoms. The molecule has 4 rings (SSSR count). The number of aliphatic hydroxyl groups is 1. The Balaban J connectivity index is 1.60. The summed E-state index contributed by atoms with van der Waals surface area (Å²) in [5.74, 6) is 0.339. The Labute approximate surface area is 191 Å². The van der Waals surface area contributed by atoms with Crippen LogP contribution in [0.4, 0.5) is 5.69 Å². The molecular weight excluding hydrogens is 448 g/mol. The van der Waals surface area contributed by atoms with E-state index in [1.165, 1.54) is 11.3 Å². The number of nitrogens with one attached hydrogen (secondary N) is 1. The number of aliphatic hydroxyl groups excluding tert-OH is 1. The molecule has 170 valence electrons. The molecule has 32 heavy (non-hydrogen) atoms. The number of rotatable bonds is 8. The molecule has 0 amide bonds. The highest BCUT2D eigenvalue weighted by Crippen LogP contribution is 2.40. The van der Waals surface area contributed by atoms with Gasteiger partial charge in [0.05, 0.1) is 24.2 Å². The van der Waals surface area contributed by atoms with Crippen LogP contribution in [0.2, 0.25) is 0 Å². The average molecular weight is 475 g/mol. The number of hydrogen-bond donors (Lipinski definition) is 3. The number of nitrogen functional groups attached to an aromatic ring is 1. The summed E-state index contributed by atoms with van der Waals surface area (Å²) in [6.45, 7) is 3.49. The molecule has 0 saturated heterocycles. The molecule has 0 unspecified atom stereocenters. The van der Waals surface area contributed by atoms with E-state index in [1.54, 1.807) is 0 Å². The van der Waals surface area contributed by atoms with Crippen molar-refractivity contribution < 1.29 is 18.3 Å². The van der Waals surface area contributed by atoms with Crippen molar-refractivity contribution in [3.63, 3.8) is 0 Å². The highest BCUT2D eigenvalue weighted by atomic mass is 32.2. The summed E-state index contributed by atoms with van der Waals surface area (Å²) >= 11 is 1.47. The standard InChI is InChI=1S/C22H26N4O4S2/c1-13(2)30-20-9-6-14(12-18(20)23)21-24-25-22(31-21)17-5-3-4-16-15(17)7-8-19(16)26-32(28,29)11-10-27/h3-6,9,12-13,19,26-27H,7-8,10-11,23H2,1-2H3/t19-/m0/s1. The number of sulfonamides is 1. The first-order valence-corrected chi connectivity index (χ1v) is 12.9. The van der Waals surface area contributed by atoms with Gasteiger partial charge in [-0.2, -0.15) is 0 Å². The Kier molecular flexibility index (Phi) is 6.47. The monoisotopic (exact) mass is 474 g/mol. The first-order valence-electron chi connectivity index (χ1n) is 10.4. The van der Waals surface area contributed by atoms with E-state index < -0.39 is 16.6 Å². The summed E-state index contributed by atoms with van der Waals surface area (Å²) in [6, 6.07) is 11.1. The molecule has 10 heteroatoms. The van der Waals surface area contributed by atoms with Gasteiger partial charge in [-0.15, -0.1) is 10.2 Å². The fourth-order valence-corrected chi connectivity index (χ4v) is 5.79. The predicted octanol–water partition coefficient (Wildman–Crippen LogP) is 3.14. The molecule has 8 nitrogen and oxygen atoms in total. The molecule has 4 N–H and O–H groups in total. The van der Waals surface area contributed by atoms with Crippen LogP contribution >= 0.6 is 11.3 Å². The van der Waals surface area contributed by atoms with Crippen molar-refractivity contribution in [1.82, 2.24) is 14.9 Å². The molecule has 0 saturated carbocycles. The SMILES string of the molecule is CC(C)Oc1ccc(-c2nnc(-c3cccc4c3CC[C@@H]4NS(=O)(=O)CCO)s2)cc1N. The number of hydrogen-bond acceptors (Lipinski definition) is 8.